The highest BCUT2D eigenvalue weighted by Gasteiger charge is 2.42. The van der Waals surface area contributed by atoms with E-state index in [4.69, 9.17) is 9.57 Å². The van der Waals surface area contributed by atoms with Crippen molar-refractivity contribution in [3.63, 3.8) is 0 Å². The largest absolute Gasteiger partial charge is 0.399 e. The SMILES string of the molecule is CON=C1CC(C)(C)C(OC)C(N(C(C)=O)c2ccccc2)C=C1C. The molecule has 2 rings (SSSR count). The molecule has 0 fully saturated rings. The van der Waals surface area contributed by atoms with E-state index < -0.39 is 0 Å². The summed E-state index contributed by atoms with van der Waals surface area (Å²) in [4.78, 5) is 19.4. The fourth-order valence-electron chi connectivity index (χ4n) is 3.61. The van der Waals surface area contributed by atoms with Crippen LogP contribution in [0.25, 0.3) is 0 Å². The van der Waals surface area contributed by atoms with E-state index in [0.29, 0.717) is 6.42 Å². The number of hydrogen-bond acceptors (Lipinski definition) is 4. The van der Waals surface area contributed by atoms with Gasteiger partial charge in [0.05, 0.1) is 17.9 Å². The number of methoxy groups -OCH3 is 1. The quantitative estimate of drug-likeness (QED) is 0.781. The molecule has 5 nitrogen and oxygen atoms in total. The van der Waals surface area contributed by atoms with Crippen molar-refractivity contribution in [3.8, 4) is 0 Å². The highest BCUT2D eigenvalue weighted by Crippen LogP contribution is 2.38. The van der Waals surface area contributed by atoms with Crippen LogP contribution in [0.3, 0.4) is 0 Å². The van der Waals surface area contributed by atoms with E-state index in [1.807, 2.05) is 37.3 Å². The number of carbonyl (C=O) groups excluding carboxylic acids is 1. The molecule has 2 unspecified atom stereocenters. The lowest BCUT2D eigenvalue weighted by Gasteiger charge is -2.40. The van der Waals surface area contributed by atoms with Gasteiger partial charge in [0.2, 0.25) is 5.91 Å². The summed E-state index contributed by atoms with van der Waals surface area (Å²) in [6.07, 6.45) is 2.59. The van der Waals surface area contributed by atoms with Crippen molar-refractivity contribution in [1.29, 1.82) is 0 Å². The second-order valence-corrected chi connectivity index (χ2v) is 7.11. The molecule has 0 spiro atoms. The molecule has 136 valence electrons. The van der Waals surface area contributed by atoms with E-state index >= 15 is 0 Å². The molecule has 1 aromatic rings. The Balaban J connectivity index is 2.60. The summed E-state index contributed by atoms with van der Waals surface area (Å²) in [7, 11) is 3.25. The second-order valence-electron chi connectivity index (χ2n) is 7.11. The zero-order valence-corrected chi connectivity index (χ0v) is 15.9. The number of allylic oxidation sites excluding steroid dienone is 1. The van der Waals surface area contributed by atoms with Crippen molar-refractivity contribution in [2.45, 2.75) is 46.3 Å². The number of ether oxygens (including phenoxy) is 1. The Morgan fingerprint density at radius 3 is 2.40 bits per heavy atom. The van der Waals surface area contributed by atoms with Crippen molar-refractivity contribution < 1.29 is 14.4 Å². The van der Waals surface area contributed by atoms with Crippen LogP contribution in [-0.2, 0) is 14.4 Å². The fourth-order valence-corrected chi connectivity index (χ4v) is 3.61. The van der Waals surface area contributed by atoms with Crippen LogP contribution in [0.2, 0.25) is 0 Å². The summed E-state index contributed by atoms with van der Waals surface area (Å²) in [5.74, 6) is -0.0229. The van der Waals surface area contributed by atoms with Gasteiger partial charge in [-0.15, -0.1) is 0 Å². The fraction of sp³-hybridized carbons (Fsp3) is 0.500. The predicted octanol–water partition coefficient (Wildman–Crippen LogP) is 3.80. The minimum Gasteiger partial charge on any atom is -0.399 e. The van der Waals surface area contributed by atoms with E-state index in [1.54, 1.807) is 26.0 Å². The van der Waals surface area contributed by atoms with Crippen molar-refractivity contribution in [1.82, 2.24) is 0 Å². The Morgan fingerprint density at radius 2 is 1.88 bits per heavy atom. The molecule has 0 saturated heterocycles. The van der Waals surface area contributed by atoms with Crippen LogP contribution in [0, 0.1) is 5.41 Å². The Kier molecular flexibility index (Phi) is 6.01. The minimum atomic E-state index is -0.232. The Hall–Kier alpha value is -2.14. The van der Waals surface area contributed by atoms with Gasteiger partial charge in [0.1, 0.15) is 7.11 Å². The lowest BCUT2D eigenvalue weighted by Crippen LogP contribution is -2.51. The van der Waals surface area contributed by atoms with Crippen LogP contribution in [0.15, 0.2) is 47.1 Å². The molecule has 1 aliphatic carbocycles. The second kappa shape index (κ2) is 7.83. The van der Waals surface area contributed by atoms with E-state index in [9.17, 15) is 4.79 Å². The van der Waals surface area contributed by atoms with Gasteiger partial charge in [0.15, 0.2) is 0 Å². The molecule has 2 atom stereocenters. The first-order valence-corrected chi connectivity index (χ1v) is 8.48. The lowest BCUT2D eigenvalue weighted by atomic mass is 9.79. The maximum Gasteiger partial charge on any atom is 0.224 e. The normalized spacial score (nSPS) is 24.4. The van der Waals surface area contributed by atoms with Gasteiger partial charge in [-0.3, -0.25) is 4.79 Å². The van der Waals surface area contributed by atoms with Gasteiger partial charge in [-0.05, 0) is 30.0 Å². The van der Waals surface area contributed by atoms with Gasteiger partial charge in [0.25, 0.3) is 0 Å². The monoisotopic (exact) mass is 344 g/mol. The lowest BCUT2D eigenvalue weighted by molar-refractivity contribution is -0.118. The zero-order valence-electron chi connectivity index (χ0n) is 15.9. The van der Waals surface area contributed by atoms with Crippen molar-refractivity contribution in [3.05, 3.63) is 42.0 Å². The molecule has 0 aliphatic heterocycles. The standard InChI is InChI=1S/C20H28N2O3/c1-14-12-18(22(15(2)23)16-10-8-7-9-11-16)19(24-5)20(3,4)13-17(14)21-25-6/h7-12,18-19H,13H2,1-6H3. The predicted molar refractivity (Wildman–Crippen MR) is 101 cm³/mol. The summed E-state index contributed by atoms with van der Waals surface area (Å²) >= 11 is 0. The van der Waals surface area contributed by atoms with E-state index in [1.165, 1.54) is 0 Å². The van der Waals surface area contributed by atoms with Gasteiger partial charge in [-0.2, -0.15) is 0 Å². The molecule has 1 amide bonds. The van der Waals surface area contributed by atoms with Crippen LogP contribution in [0.5, 0.6) is 0 Å². The number of oxime groups is 1. The molecule has 0 radical (unpaired) electrons. The molecular formula is C20H28N2O3. The smallest absolute Gasteiger partial charge is 0.224 e. The Labute approximate surface area is 150 Å². The number of benzene rings is 1. The maximum atomic E-state index is 12.5. The molecule has 5 heteroatoms. The van der Waals surface area contributed by atoms with E-state index in [0.717, 1.165) is 17.0 Å². The first-order chi connectivity index (χ1) is 11.8. The first kappa shape index (κ1) is 19.2. The van der Waals surface area contributed by atoms with Gasteiger partial charge in [-0.25, -0.2) is 0 Å². The summed E-state index contributed by atoms with van der Waals surface area (Å²) < 4.78 is 5.89. The summed E-state index contributed by atoms with van der Waals surface area (Å²) in [6.45, 7) is 7.86. The molecular weight excluding hydrogens is 316 g/mol. The van der Waals surface area contributed by atoms with E-state index in [-0.39, 0.29) is 23.5 Å². The van der Waals surface area contributed by atoms with Crippen molar-refractivity contribution in [2.75, 3.05) is 19.1 Å². The summed E-state index contributed by atoms with van der Waals surface area (Å²) in [5, 5.41) is 4.19. The number of rotatable bonds is 4. The van der Waals surface area contributed by atoms with Gasteiger partial charge >= 0.3 is 0 Å². The van der Waals surface area contributed by atoms with Gasteiger partial charge < -0.3 is 14.5 Å². The van der Waals surface area contributed by atoms with Crippen LogP contribution in [-0.4, -0.2) is 38.0 Å². The number of nitrogens with zero attached hydrogens (tertiary/aromatic N) is 2. The number of hydrogen-bond donors (Lipinski definition) is 0. The Morgan fingerprint density at radius 1 is 1.24 bits per heavy atom. The third kappa shape index (κ3) is 4.10. The zero-order chi connectivity index (χ0) is 18.6. The summed E-state index contributed by atoms with van der Waals surface area (Å²) in [5.41, 5.74) is 2.51. The molecule has 0 aromatic heterocycles. The Bertz CT molecular complexity index is 665. The van der Waals surface area contributed by atoms with Gasteiger partial charge in [-0.1, -0.05) is 43.3 Å². The maximum absolute atomic E-state index is 12.5. The van der Waals surface area contributed by atoms with Crippen LogP contribution in [0.4, 0.5) is 5.69 Å². The molecule has 1 aromatic carbocycles. The number of carbonyl (C=O) groups is 1. The topological polar surface area (TPSA) is 51.1 Å². The average Bonchev–Trinajstić information content (AvgIpc) is 2.63. The average molecular weight is 344 g/mol. The highest BCUT2D eigenvalue weighted by atomic mass is 16.6. The van der Waals surface area contributed by atoms with Gasteiger partial charge in [0, 0.05) is 26.1 Å². The number of para-hydroxylation sites is 1. The molecule has 0 heterocycles. The van der Waals surface area contributed by atoms with E-state index in [2.05, 4.69) is 25.1 Å². The molecule has 25 heavy (non-hydrogen) atoms. The van der Waals surface area contributed by atoms with Crippen molar-refractivity contribution in [2.24, 2.45) is 10.6 Å². The van der Waals surface area contributed by atoms with Crippen LogP contribution >= 0.6 is 0 Å². The summed E-state index contributed by atoms with van der Waals surface area (Å²) in [6, 6.07) is 9.46. The number of anilines is 1. The number of amides is 1. The highest BCUT2D eigenvalue weighted by molar-refractivity contribution is 6.01. The molecule has 0 saturated carbocycles. The third-order valence-corrected chi connectivity index (χ3v) is 4.71. The first-order valence-electron chi connectivity index (χ1n) is 8.48. The molecule has 0 bridgehead atoms. The molecule has 0 N–H and O–H groups in total. The van der Waals surface area contributed by atoms with Crippen LogP contribution in [0.1, 0.15) is 34.1 Å². The van der Waals surface area contributed by atoms with Crippen molar-refractivity contribution >= 4 is 17.3 Å². The molecule has 1 aliphatic rings. The third-order valence-electron chi connectivity index (χ3n) is 4.71. The van der Waals surface area contributed by atoms with Crippen LogP contribution < -0.4 is 4.90 Å². The minimum absolute atomic E-state index is 0.0229.